The van der Waals surface area contributed by atoms with Gasteiger partial charge in [0, 0.05) is 18.0 Å². The van der Waals surface area contributed by atoms with Gasteiger partial charge >= 0.3 is 0 Å². The van der Waals surface area contributed by atoms with Crippen LogP contribution in [0.3, 0.4) is 0 Å². The van der Waals surface area contributed by atoms with E-state index in [-0.39, 0.29) is 28.4 Å². The average Bonchev–Trinajstić information content (AvgIpc) is 3.13. The van der Waals surface area contributed by atoms with Crippen LogP contribution in [0, 0.1) is 16.6 Å². The van der Waals surface area contributed by atoms with Crippen LogP contribution < -0.4 is 4.90 Å². The smallest absolute Gasteiger partial charge is 0.185 e. The molecule has 0 radical (unpaired) electrons. The third-order valence-corrected chi connectivity index (χ3v) is 8.47. The number of aromatic hydroxyl groups is 1. The molecule has 3 aromatic rings. The minimum Gasteiger partial charge on any atom is -0.507 e. The van der Waals surface area contributed by atoms with Crippen molar-refractivity contribution in [2.75, 3.05) is 18.2 Å². The van der Waals surface area contributed by atoms with Gasteiger partial charge in [0.1, 0.15) is 17.7 Å². The molecule has 184 valence electrons. The van der Waals surface area contributed by atoms with Gasteiger partial charge in [-0.05, 0) is 61.1 Å². The fourth-order valence-electron chi connectivity index (χ4n) is 5.92. The van der Waals surface area contributed by atoms with Crippen LogP contribution in [-0.4, -0.2) is 50.8 Å². The molecule has 2 aliphatic rings. The summed E-state index contributed by atoms with van der Waals surface area (Å²) in [5.74, 6) is 0.186. The van der Waals surface area contributed by atoms with Gasteiger partial charge in [0.15, 0.2) is 11.6 Å². The zero-order valence-electron chi connectivity index (χ0n) is 20.3. The van der Waals surface area contributed by atoms with Gasteiger partial charge in [-0.3, -0.25) is 0 Å². The van der Waals surface area contributed by atoms with E-state index < -0.39 is 12.0 Å². The summed E-state index contributed by atoms with van der Waals surface area (Å²) in [5, 5.41) is 19.9. The number of nitrogens with zero attached hydrogens (tertiary/aromatic N) is 5. The Balaban J connectivity index is 1.38. The van der Waals surface area contributed by atoms with E-state index in [1.54, 1.807) is 24.4 Å². The first-order valence-corrected chi connectivity index (χ1v) is 12.9. The van der Waals surface area contributed by atoms with E-state index >= 15 is 4.39 Å². The third-order valence-electron chi connectivity index (χ3n) is 7.83. The lowest BCUT2D eigenvalue weighted by Gasteiger charge is -2.46. The fourth-order valence-corrected chi connectivity index (χ4v) is 6.31. The lowest BCUT2D eigenvalue weighted by Crippen LogP contribution is -2.52. The van der Waals surface area contributed by atoms with Gasteiger partial charge in [0.05, 0.1) is 29.0 Å². The van der Waals surface area contributed by atoms with E-state index in [0.717, 1.165) is 25.7 Å². The lowest BCUT2D eigenvalue weighted by molar-refractivity contribution is 0.0380. The molecule has 5 rings (SSSR count). The molecule has 0 aliphatic heterocycles. The maximum absolute atomic E-state index is 15.5. The predicted molar refractivity (Wildman–Crippen MR) is 134 cm³/mol. The summed E-state index contributed by atoms with van der Waals surface area (Å²) in [6, 6.07) is 6.19. The SMILES string of the molecule is CSc1cc(-c2ccc(-c3ncc(N(C)[C@@H]4C[C@@]5(C)CC[C@](C)(C5)[C@@H]4F)nn3)c(O)c2)c(F)cn1. The number of phenolic OH excluding ortho intramolecular Hbond substituents is 1. The Hall–Kier alpha value is -2.81. The van der Waals surface area contributed by atoms with Crippen molar-refractivity contribution >= 4 is 17.6 Å². The topological polar surface area (TPSA) is 75.0 Å². The summed E-state index contributed by atoms with van der Waals surface area (Å²) >= 11 is 1.41. The van der Waals surface area contributed by atoms with Crippen LogP contribution in [0.2, 0.25) is 0 Å². The van der Waals surface area contributed by atoms with Crippen LogP contribution in [0.25, 0.3) is 22.5 Å². The van der Waals surface area contributed by atoms with Gasteiger partial charge < -0.3 is 10.0 Å². The van der Waals surface area contributed by atoms with Gasteiger partial charge in [-0.2, -0.15) is 0 Å². The van der Waals surface area contributed by atoms with Crippen LogP contribution in [0.4, 0.5) is 14.6 Å². The van der Waals surface area contributed by atoms with Crippen molar-refractivity contribution in [3.8, 4) is 28.3 Å². The number of anilines is 1. The van der Waals surface area contributed by atoms with E-state index in [4.69, 9.17) is 0 Å². The van der Waals surface area contributed by atoms with E-state index in [0.29, 0.717) is 27.5 Å². The summed E-state index contributed by atoms with van der Waals surface area (Å²) in [7, 11) is 1.85. The quantitative estimate of drug-likeness (QED) is 0.439. The number of phenols is 1. The molecular weight excluding hydrogens is 468 g/mol. The standard InChI is InChI=1S/C26H29F2N5OS/c1-25-7-8-26(2,14-25)23(28)19(11-25)33(3)21-13-30-24(32-31-21)16-6-5-15(9-20(16)34)17-10-22(35-4)29-12-18(17)27/h5-6,9-10,12-13,19,23,34H,7-8,11,14H2,1-4H3/t19-,23-,25-,26-/m1/s1. The van der Waals surface area contributed by atoms with Crippen molar-refractivity contribution in [3.63, 3.8) is 0 Å². The van der Waals surface area contributed by atoms with E-state index in [9.17, 15) is 9.50 Å². The van der Waals surface area contributed by atoms with Crippen molar-refractivity contribution < 1.29 is 13.9 Å². The van der Waals surface area contributed by atoms with E-state index in [1.807, 2.05) is 18.2 Å². The summed E-state index contributed by atoms with van der Waals surface area (Å²) in [5.41, 5.74) is 1.11. The molecule has 4 atom stereocenters. The minimum atomic E-state index is -0.943. The Morgan fingerprint density at radius 2 is 1.89 bits per heavy atom. The van der Waals surface area contributed by atoms with Gasteiger partial charge in [-0.15, -0.1) is 22.0 Å². The number of pyridine rings is 1. The number of thioether (sulfide) groups is 1. The molecule has 35 heavy (non-hydrogen) atoms. The Kier molecular flexibility index (Phi) is 5.94. The number of benzene rings is 1. The van der Waals surface area contributed by atoms with Crippen LogP contribution in [-0.2, 0) is 0 Å². The molecule has 2 aromatic heterocycles. The molecule has 2 heterocycles. The van der Waals surface area contributed by atoms with Crippen LogP contribution in [0.5, 0.6) is 5.75 Å². The second kappa shape index (κ2) is 8.69. The second-order valence-corrected chi connectivity index (χ2v) is 11.3. The molecule has 2 bridgehead atoms. The van der Waals surface area contributed by atoms with E-state index in [1.165, 1.54) is 24.0 Å². The Morgan fingerprint density at radius 1 is 1.09 bits per heavy atom. The maximum Gasteiger partial charge on any atom is 0.185 e. The number of fused-ring (bicyclic) bond motifs is 2. The summed E-state index contributed by atoms with van der Waals surface area (Å²) < 4.78 is 29.8. The first-order valence-electron chi connectivity index (χ1n) is 11.7. The molecule has 9 heteroatoms. The Labute approximate surface area is 208 Å². The number of rotatable bonds is 5. The van der Waals surface area contributed by atoms with Gasteiger partial charge in [0.25, 0.3) is 0 Å². The third kappa shape index (κ3) is 4.24. The normalized spacial score (nSPS) is 27.7. The molecule has 2 saturated carbocycles. The number of aromatic nitrogens is 4. The van der Waals surface area contributed by atoms with Crippen LogP contribution in [0.15, 0.2) is 41.7 Å². The largest absolute Gasteiger partial charge is 0.507 e. The Morgan fingerprint density at radius 3 is 2.57 bits per heavy atom. The molecule has 0 saturated heterocycles. The van der Waals surface area contributed by atoms with Crippen molar-refractivity contribution in [1.82, 2.24) is 20.2 Å². The van der Waals surface area contributed by atoms with Gasteiger partial charge in [0.2, 0.25) is 0 Å². The molecule has 0 spiro atoms. The average molecular weight is 498 g/mol. The number of halogens is 2. The minimum absolute atomic E-state index is 0.0826. The molecule has 1 N–H and O–H groups in total. The molecule has 0 unspecified atom stereocenters. The highest BCUT2D eigenvalue weighted by Gasteiger charge is 2.56. The molecular formula is C26H29F2N5OS. The Bertz CT molecular complexity index is 1260. The zero-order chi connectivity index (χ0) is 25.0. The highest BCUT2D eigenvalue weighted by Crippen LogP contribution is 2.59. The maximum atomic E-state index is 15.5. The van der Waals surface area contributed by atoms with Crippen LogP contribution in [0.1, 0.15) is 39.5 Å². The number of alkyl halides is 1. The highest BCUT2D eigenvalue weighted by molar-refractivity contribution is 7.98. The van der Waals surface area contributed by atoms with Crippen LogP contribution >= 0.6 is 11.8 Å². The van der Waals surface area contributed by atoms with E-state index in [2.05, 4.69) is 34.0 Å². The molecule has 0 amide bonds. The van der Waals surface area contributed by atoms with Crippen molar-refractivity contribution in [1.29, 1.82) is 0 Å². The molecule has 2 fully saturated rings. The summed E-state index contributed by atoms with van der Waals surface area (Å²) in [6.07, 6.45) is 7.32. The molecule has 6 nitrogen and oxygen atoms in total. The second-order valence-electron chi connectivity index (χ2n) is 10.5. The summed E-state index contributed by atoms with van der Waals surface area (Å²) in [4.78, 5) is 10.3. The lowest BCUT2D eigenvalue weighted by atomic mass is 9.67. The van der Waals surface area contributed by atoms with Crippen molar-refractivity contribution in [3.05, 3.63) is 42.5 Å². The monoisotopic (exact) mass is 497 g/mol. The van der Waals surface area contributed by atoms with Gasteiger partial charge in [-0.25, -0.2) is 18.7 Å². The van der Waals surface area contributed by atoms with Crippen molar-refractivity contribution in [2.24, 2.45) is 10.8 Å². The predicted octanol–water partition coefficient (Wildman–Crippen LogP) is 5.91. The highest BCUT2D eigenvalue weighted by atomic mass is 32.2. The summed E-state index contributed by atoms with van der Waals surface area (Å²) in [6.45, 7) is 4.31. The number of hydrogen-bond donors (Lipinski definition) is 1. The number of hydrogen-bond acceptors (Lipinski definition) is 7. The van der Waals surface area contributed by atoms with Gasteiger partial charge in [-0.1, -0.05) is 19.9 Å². The van der Waals surface area contributed by atoms with Crippen molar-refractivity contribution in [2.45, 2.75) is 56.8 Å². The molecule has 2 aliphatic carbocycles. The first kappa shape index (κ1) is 23.9. The fraction of sp³-hybridized carbons (Fsp3) is 0.462. The first-order chi connectivity index (χ1) is 16.6. The zero-order valence-corrected chi connectivity index (χ0v) is 21.1. The molecule has 1 aromatic carbocycles.